The van der Waals surface area contributed by atoms with Gasteiger partial charge in [-0.25, -0.2) is 9.97 Å². The first-order valence-corrected chi connectivity index (χ1v) is 8.86. The van der Waals surface area contributed by atoms with Crippen LogP contribution in [0.15, 0.2) is 0 Å². The summed E-state index contributed by atoms with van der Waals surface area (Å²) in [6, 6.07) is 0. The monoisotopic (exact) mass is 423 g/mol. The molecule has 1 aromatic rings. The van der Waals surface area contributed by atoms with Crippen LogP contribution in [0.2, 0.25) is 5.15 Å². The molecule has 1 aromatic heterocycles. The molecule has 118 valence electrons. The molecule has 1 fully saturated rings. The van der Waals surface area contributed by atoms with Gasteiger partial charge in [0.15, 0.2) is 5.82 Å². The third-order valence-corrected chi connectivity index (χ3v) is 5.13. The van der Waals surface area contributed by atoms with E-state index in [0.717, 1.165) is 41.9 Å². The zero-order valence-corrected chi connectivity index (χ0v) is 16.0. The van der Waals surface area contributed by atoms with E-state index in [9.17, 15) is 0 Å². The lowest BCUT2D eigenvalue weighted by molar-refractivity contribution is -0.0343. The van der Waals surface area contributed by atoms with Crippen molar-refractivity contribution in [2.45, 2.75) is 45.6 Å². The molecule has 1 aliphatic rings. The summed E-state index contributed by atoms with van der Waals surface area (Å²) in [5.41, 5.74) is 0.935. The SMILES string of the molecule is CCCN1CCOC(c2nc(Cl)c(I)c(C(C)(C)C)n2)C1. The molecular formula is C15H23ClIN3O. The van der Waals surface area contributed by atoms with Crippen molar-refractivity contribution in [2.75, 3.05) is 26.2 Å². The zero-order chi connectivity index (χ0) is 15.6. The van der Waals surface area contributed by atoms with Gasteiger partial charge >= 0.3 is 0 Å². The minimum absolute atomic E-state index is 0.0599. The van der Waals surface area contributed by atoms with E-state index >= 15 is 0 Å². The van der Waals surface area contributed by atoms with Crippen molar-refractivity contribution >= 4 is 34.2 Å². The quantitative estimate of drug-likeness (QED) is 0.547. The van der Waals surface area contributed by atoms with Crippen LogP contribution in [0.1, 0.15) is 51.7 Å². The van der Waals surface area contributed by atoms with Gasteiger partial charge in [0.25, 0.3) is 0 Å². The zero-order valence-electron chi connectivity index (χ0n) is 13.1. The summed E-state index contributed by atoms with van der Waals surface area (Å²) in [5.74, 6) is 0.714. The fraction of sp³-hybridized carbons (Fsp3) is 0.733. The summed E-state index contributed by atoms with van der Waals surface area (Å²) >= 11 is 8.54. The lowest BCUT2D eigenvalue weighted by atomic mass is 9.92. The van der Waals surface area contributed by atoms with E-state index in [4.69, 9.17) is 21.3 Å². The van der Waals surface area contributed by atoms with Crippen molar-refractivity contribution in [3.63, 3.8) is 0 Å². The van der Waals surface area contributed by atoms with E-state index in [1.54, 1.807) is 0 Å². The Kier molecular flexibility index (Phi) is 5.84. The van der Waals surface area contributed by atoms with Gasteiger partial charge in [0.05, 0.1) is 15.9 Å². The van der Waals surface area contributed by atoms with Crippen molar-refractivity contribution in [2.24, 2.45) is 0 Å². The Morgan fingerprint density at radius 1 is 1.38 bits per heavy atom. The fourth-order valence-electron chi connectivity index (χ4n) is 2.45. The van der Waals surface area contributed by atoms with Crippen LogP contribution in [0, 0.1) is 3.57 Å². The molecule has 1 unspecified atom stereocenters. The van der Waals surface area contributed by atoms with Gasteiger partial charge in [-0.15, -0.1) is 0 Å². The minimum Gasteiger partial charge on any atom is -0.368 e. The molecule has 1 saturated heterocycles. The third kappa shape index (κ3) is 4.27. The molecule has 0 radical (unpaired) electrons. The summed E-state index contributed by atoms with van der Waals surface area (Å²) in [6.07, 6.45) is 1.06. The molecular weight excluding hydrogens is 401 g/mol. The predicted molar refractivity (Wildman–Crippen MR) is 93.9 cm³/mol. The lowest BCUT2D eigenvalue weighted by Gasteiger charge is -2.32. The Hall–Kier alpha value is 0.0200. The van der Waals surface area contributed by atoms with Crippen molar-refractivity contribution in [3.05, 3.63) is 20.2 Å². The van der Waals surface area contributed by atoms with Gasteiger partial charge in [-0.1, -0.05) is 39.3 Å². The maximum absolute atomic E-state index is 6.31. The average molecular weight is 424 g/mol. The van der Waals surface area contributed by atoms with Gasteiger partial charge in [-0.2, -0.15) is 0 Å². The van der Waals surface area contributed by atoms with E-state index in [1.165, 1.54) is 0 Å². The topological polar surface area (TPSA) is 38.2 Å². The first-order valence-electron chi connectivity index (χ1n) is 7.40. The second kappa shape index (κ2) is 7.06. The molecule has 0 spiro atoms. The maximum Gasteiger partial charge on any atom is 0.160 e. The number of morpholine rings is 1. The van der Waals surface area contributed by atoms with Crippen LogP contribution in [-0.4, -0.2) is 41.1 Å². The number of nitrogens with zero attached hydrogens (tertiary/aromatic N) is 3. The Bertz CT molecular complexity index is 502. The normalized spacial score (nSPS) is 20.8. The first kappa shape index (κ1) is 17.4. The molecule has 1 aliphatic heterocycles. The van der Waals surface area contributed by atoms with E-state index in [2.05, 4.69) is 60.2 Å². The third-order valence-electron chi connectivity index (χ3n) is 3.52. The molecule has 2 heterocycles. The van der Waals surface area contributed by atoms with E-state index in [0.29, 0.717) is 11.0 Å². The standard InChI is InChI=1S/C15H23ClIN3O/c1-5-6-20-7-8-21-10(9-20)14-18-12(15(2,3)4)11(17)13(16)19-14/h10H,5-9H2,1-4H3. The summed E-state index contributed by atoms with van der Waals surface area (Å²) in [7, 11) is 0. The number of hydrogen-bond donors (Lipinski definition) is 0. The number of aromatic nitrogens is 2. The number of rotatable bonds is 3. The lowest BCUT2D eigenvalue weighted by Crippen LogP contribution is -2.39. The molecule has 0 amide bonds. The molecule has 6 heteroatoms. The van der Waals surface area contributed by atoms with Crippen molar-refractivity contribution in [1.29, 1.82) is 0 Å². The summed E-state index contributed by atoms with van der Waals surface area (Å²) < 4.78 is 6.81. The number of halogens is 2. The summed E-state index contributed by atoms with van der Waals surface area (Å²) in [5, 5.41) is 0.529. The van der Waals surface area contributed by atoms with Crippen molar-refractivity contribution < 1.29 is 4.74 Å². The summed E-state index contributed by atoms with van der Waals surface area (Å²) in [4.78, 5) is 11.6. The van der Waals surface area contributed by atoms with Gasteiger partial charge in [-0.3, -0.25) is 4.90 Å². The highest BCUT2D eigenvalue weighted by Crippen LogP contribution is 2.31. The largest absolute Gasteiger partial charge is 0.368 e. The molecule has 0 aliphatic carbocycles. The highest BCUT2D eigenvalue weighted by molar-refractivity contribution is 14.1. The maximum atomic E-state index is 6.31. The minimum atomic E-state index is -0.0825. The summed E-state index contributed by atoms with van der Waals surface area (Å²) in [6.45, 7) is 12.3. The van der Waals surface area contributed by atoms with Crippen molar-refractivity contribution in [3.8, 4) is 0 Å². The van der Waals surface area contributed by atoms with Gasteiger partial charge in [0, 0.05) is 18.5 Å². The van der Waals surface area contributed by atoms with Gasteiger partial charge < -0.3 is 4.74 Å². The van der Waals surface area contributed by atoms with Crippen molar-refractivity contribution in [1.82, 2.24) is 14.9 Å². The Morgan fingerprint density at radius 3 is 2.71 bits per heavy atom. The van der Waals surface area contributed by atoms with E-state index in [-0.39, 0.29) is 11.5 Å². The second-order valence-corrected chi connectivity index (χ2v) is 7.88. The van der Waals surface area contributed by atoms with Crippen LogP contribution in [0.25, 0.3) is 0 Å². The Labute approximate surface area is 145 Å². The Balaban J connectivity index is 2.29. The van der Waals surface area contributed by atoms with Crippen LogP contribution in [0.4, 0.5) is 0 Å². The molecule has 0 saturated carbocycles. The molecule has 21 heavy (non-hydrogen) atoms. The van der Waals surface area contributed by atoms with Crippen LogP contribution in [0.5, 0.6) is 0 Å². The van der Waals surface area contributed by atoms with Gasteiger partial charge in [-0.05, 0) is 35.6 Å². The number of ether oxygens (including phenoxy) is 1. The van der Waals surface area contributed by atoms with Gasteiger partial charge in [0.1, 0.15) is 11.3 Å². The van der Waals surface area contributed by atoms with Crippen LogP contribution >= 0.6 is 34.2 Å². The van der Waals surface area contributed by atoms with E-state index < -0.39 is 0 Å². The Morgan fingerprint density at radius 2 is 2.10 bits per heavy atom. The van der Waals surface area contributed by atoms with E-state index in [1.807, 2.05) is 0 Å². The second-order valence-electron chi connectivity index (χ2n) is 6.45. The molecule has 1 atom stereocenters. The highest BCUT2D eigenvalue weighted by atomic mass is 127. The molecule has 2 rings (SSSR count). The predicted octanol–water partition coefficient (Wildman–Crippen LogP) is 3.82. The fourth-order valence-corrected chi connectivity index (χ4v) is 3.68. The molecule has 0 aromatic carbocycles. The number of hydrogen-bond acceptors (Lipinski definition) is 4. The highest BCUT2D eigenvalue weighted by Gasteiger charge is 2.28. The molecule has 0 N–H and O–H groups in total. The van der Waals surface area contributed by atoms with Crippen LogP contribution in [-0.2, 0) is 10.2 Å². The average Bonchev–Trinajstić information content (AvgIpc) is 2.41. The molecule has 0 bridgehead atoms. The van der Waals surface area contributed by atoms with Crippen LogP contribution in [0.3, 0.4) is 0 Å². The smallest absolute Gasteiger partial charge is 0.160 e. The first-order chi connectivity index (χ1) is 9.82. The van der Waals surface area contributed by atoms with Gasteiger partial charge in [0.2, 0.25) is 0 Å². The molecule has 4 nitrogen and oxygen atoms in total. The van der Waals surface area contributed by atoms with Crippen LogP contribution < -0.4 is 0 Å².